The predicted molar refractivity (Wildman–Crippen MR) is 113 cm³/mol. The maximum Gasteiger partial charge on any atom is 0.274 e. The molecule has 0 bridgehead atoms. The summed E-state index contributed by atoms with van der Waals surface area (Å²) in [5.41, 5.74) is 4.98. The lowest BCUT2D eigenvalue weighted by molar-refractivity contribution is 0.0728. The van der Waals surface area contributed by atoms with Crippen LogP contribution in [0.5, 0.6) is 0 Å². The Balaban J connectivity index is 1.46. The molecule has 0 saturated carbocycles. The highest BCUT2D eigenvalue weighted by molar-refractivity contribution is 5.93. The Bertz CT molecular complexity index is 1390. The van der Waals surface area contributed by atoms with Crippen molar-refractivity contribution in [2.24, 2.45) is 0 Å². The van der Waals surface area contributed by atoms with Gasteiger partial charge in [-0.3, -0.25) is 14.2 Å². The number of pyridine rings is 1. The molecule has 1 aromatic carbocycles. The Labute approximate surface area is 177 Å². The minimum absolute atomic E-state index is 0.173. The number of nitrogens with zero attached hydrogens (tertiary/aromatic N) is 5. The molecule has 0 spiro atoms. The molecule has 3 aromatic heterocycles. The van der Waals surface area contributed by atoms with E-state index in [0.717, 1.165) is 22.5 Å². The van der Waals surface area contributed by atoms with Crippen LogP contribution in [0, 0.1) is 19.7 Å². The zero-order valence-electron chi connectivity index (χ0n) is 17.2. The Morgan fingerprint density at radius 3 is 2.61 bits per heavy atom. The van der Waals surface area contributed by atoms with E-state index in [1.165, 1.54) is 16.7 Å². The second kappa shape index (κ2) is 7.16. The summed E-state index contributed by atoms with van der Waals surface area (Å²) in [4.78, 5) is 31.9. The maximum atomic E-state index is 13.3. The molecule has 0 unspecified atom stereocenters. The Kier molecular flexibility index (Phi) is 4.43. The van der Waals surface area contributed by atoms with Gasteiger partial charge in [-0.25, -0.2) is 13.9 Å². The van der Waals surface area contributed by atoms with Gasteiger partial charge in [0.05, 0.1) is 0 Å². The molecule has 4 heterocycles. The van der Waals surface area contributed by atoms with E-state index in [9.17, 15) is 14.0 Å². The zero-order valence-corrected chi connectivity index (χ0v) is 17.2. The molecular formula is C23H20FN5O2. The minimum atomic E-state index is -0.362. The second-order valence-electron chi connectivity index (χ2n) is 7.82. The highest BCUT2D eigenvalue weighted by Crippen LogP contribution is 2.21. The minimum Gasteiger partial charge on any atom is -0.333 e. The van der Waals surface area contributed by atoms with Gasteiger partial charge in [0.2, 0.25) is 0 Å². The lowest BCUT2D eigenvalue weighted by atomic mass is 10.0. The molecule has 0 aliphatic carbocycles. The number of benzene rings is 1. The molecule has 0 N–H and O–H groups in total. The number of carbonyl (C=O) groups excluding carboxylic acids is 1. The third-order valence-corrected chi connectivity index (χ3v) is 5.59. The summed E-state index contributed by atoms with van der Waals surface area (Å²) in [5.74, 6) is -0.536. The fourth-order valence-electron chi connectivity index (χ4n) is 4.06. The van der Waals surface area contributed by atoms with Crippen molar-refractivity contribution >= 4 is 11.6 Å². The lowest BCUT2D eigenvalue weighted by Gasteiger charge is -2.28. The number of aryl methyl sites for hydroxylation is 2. The molecule has 1 amide bonds. The molecule has 8 heteroatoms. The number of carbonyl (C=O) groups is 1. The Morgan fingerprint density at radius 2 is 1.84 bits per heavy atom. The molecule has 7 nitrogen and oxygen atoms in total. The van der Waals surface area contributed by atoms with E-state index in [1.807, 2.05) is 19.9 Å². The van der Waals surface area contributed by atoms with Crippen molar-refractivity contribution in [3.63, 3.8) is 0 Å². The smallest absolute Gasteiger partial charge is 0.274 e. The van der Waals surface area contributed by atoms with Crippen LogP contribution in [-0.2, 0) is 13.0 Å². The number of fused-ring (bicyclic) bond motifs is 2. The summed E-state index contributed by atoms with van der Waals surface area (Å²) in [6, 6.07) is 11.0. The van der Waals surface area contributed by atoms with Gasteiger partial charge >= 0.3 is 0 Å². The van der Waals surface area contributed by atoms with Crippen LogP contribution in [0.25, 0.3) is 11.3 Å². The largest absolute Gasteiger partial charge is 0.333 e. The van der Waals surface area contributed by atoms with Crippen molar-refractivity contribution < 1.29 is 9.18 Å². The molecule has 1 aliphatic rings. The number of hydrogen-bond donors (Lipinski definition) is 0. The SMILES string of the molecule is Cc1cc(C)n2nc(C(=O)N3CCc4cc(=O)n(-c5ccc(F)cc5)cc4C3)cc2n1. The normalized spacial score (nSPS) is 13.5. The van der Waals surface area contributed by atoms with E-state index < -0.39 is 0 Å². The molecule has 156 valence electrons. The summed E-state index contributed by atoms with van der Waals surface area (Å²) < 4.78 is 16.4. The first-order valence-electron chi connectivity index (χ1n) is 10.0. The summed E-state index contributed by atoms with van der Waals surface area (Å²) in [7, 11) is 0. The van der Waals surface area contributed by atoms with Crippen LogP contribution in [0.1, 0.15) is 33.0 Å². The number of hydrogen-bond acceptors (Lipinski definition) is 4. The van der Waals surface area contributed by atoms with Gasteiger partial charge in [0.25, 0.3) is 11.5 Å². The molecule has 4 aromatic rings. The molecule has 31 heavy (non-hydrogen) atoms. The molecule has 0 saturated heterocycles. The molecule has 0 atom stereocenters. The van der Waals surface area contributed by atoms with Gasteiger partial charge in [-0.15, -0.1) is 0 Å². The third-order valence-electron chi connectivity index (χ3n) is 5.59. The first kappa shape index (κ1) is 19.2. The van der Waals surface area contributed by atoms with Crippen LogP contribution >= 0.6 is 0 Å². The van der Waals surface area contributed by atoms with E-state index in [4.69, 9.17) is 0 Å². The molecule has 1 aliphatic heterocycles. The second-order valence-corrected chi connectivity index (χ2v) is 7.82. The quantitative estimate of drug-likeness (QED) is 0.503. The van der Waals surface area contributed by atoms with E-state index in [0.29, 0.717) is 36.5 Å². The predicted octanol–water partition coefficient (Wildman–Crippen LogP) is 2.83. The molecule has 0 fully saturated rings. The van der Waals surface area contributed by atoms with Gasteiger partial charge in [0.1, 0.15) is 5.82 Å². The van der Waals surface area contributed by atoms with E-state index in [1.54, 1.807) is 39.9 Å². The zero-order chi connectivity index (χ0) is 21.7. The van der Waals surface area contributed by atoms with Crippen molar-refractivity contribution in [3.8, 4) is 5.69 Å². The average Bonchev–Trinajstić information content (AvgIpc) is 3.17. The van der Waals surface area contributed by atoms with Gasteiger partial charge in [-0.1, -0.05) is 0 Å². The summed E-state index contributed by atoms with van der Waals surface area (Å²) in [6.45, 7) is 4.71. The third kappa shape index (κ3) is 3.39. The Hall–Kier alpha value is -3.81. The maximum absolute atomic E-state index is 13.3. The standard InChI is InChI=1S/C23H20FN5O2/c1-14-9-15(2)29-21(25-14)11-20(26-29)23(31)27-8-7-16-10-22(30)28(13-17(16)12-27)19-5-3-18(24)4-6-19/h3-6,9-11,13H,7-8,12H2,1-2H3. The molecular weight excluding hydrogens is 397 g/mol. The number of aromatic nitrogens is 4. The van der Waals surface area contributed by atoms with Crippen LogP contribution in [0.15, 0.2) is 53.5 Å². The van der Waals surface area contributed by atoms with Gasteiger partial charge in [0.15, 0.2) is 11.3 Å². The van der Waals surface area contributed by atoms with Crippen LogP contribution < -0.4 is 5.56 Å². The van der Waals surface area contributed by atoms with E-state index in [-0.39, 0.29) is 17.3 Å². The van der Waals surface area contributed by atoms with Crippen molar-refractivity contribution in [1.82, 2.24) is 24.1 Å². The Morgan fingerprint density at radius 1 is 1.06 bits per heavy atom. The highest BCUT2D eigenvalue weighted by atomic mass is 19.1. The number of amides is 1. The van der Waals surface area contributed by atoms with Crippen molar-refractivity contribution in [3.05, 3.63) is 93.0 Å². The average molecular weight is 417 g/mol. The van der Waals surface area contributed by atoms with Gasteiger partial charge in [0, 0.05) is 48.5 Å². The van der Waals surface area contributed by atoms with Crippen LogP contribution in [0.4, 0.5) is 4.39 Å². The van der Waals surface area contributed by atoms with E-state index in [2.05, 4.69) is 10.1 Å². The summed E-state index contributed by atoms with van der Waals surface area (Å²) in [5, 5.41) is 4.44. The first-order chi connectivity index (χ1) is 14.9. The van der Waals surface area contributed by atoms with Crippen LogP contribution in [-0.4, -0.2) is 36.5 Å². The van der Waals surface area contributed by atoms with Crippen molar-refractivity contribution in [1.29, 1.82) is 0 Å². The van der Waals surface area contributed by atoms with Gasteiger partial charge in [-0.05, 0) is 61.7 Å². The van der Waals surface area contributed by atoms with Crippen molar-refractivity contribution in [2.45, 2.75) is 26.8 Å². The highest BCUT2D eigenvalue weighted by Gasteiger charge is 2.25. The fraction of sp³-hybridized carbons (Fsp3) is 0.217. The molecule has 0 radical (unpaired) electrons. The van der Waals surface area contributed by atoms with Crippen molar-refractivity contribution in [2.75, 3.05) is 6.54 Å². The van der Waals surface area contributed by atoms with Gasteiger partial charge < -0.3 is 4.90 Å². The van der Waals surface area contributed by atoms with Crippen LogP contribution in [0.2, 0.25) is 0 Å². The summed E-state index contributed by atoms with van der Waals surface area (Å²) in [6.07, 6.45) is 2.33. The fourth-order valence-corrected chi connectivity index (χ4v) is 4.06. The monoisotopic (exact) mass is 417 g/mol. The van der Waals surface area contributed by atoms with Gasteiger partial charge in [-0.2, -0.15) is 5.10 Å². The summed E-state index contributed by atoms with van der Waals surface area (Å²) >= 11 is 0. The van der Waals surface area contributed by atoms with E-state index >= 15 is 0 Å². The topological polar surface area (TPSA) is 72.5 Å². The number of rotatable bonds is 2. The lowest BCUT2D eigenvalue weighted by Crippen LogP contribution is -2.37. The van der Waals surface area contributed by atoms with Crippen LogP contribution in [0.3, 0.4) is 0 Å². The number of halogens is 1. The first-order valence-corrected chi connectivity index (χ1v) is 10.0. The molecule has 5 rings (SSSR count).